The fourth-order valence-electron chi connectivity index (χ4n) is 4.15. The van der Waals surface area contributed by atoms with E-state index in [9.17, 15) is 14.5 Å². The van der Waals surface area contributed by atoms with Crippen LogP contribution in [0.2, 0.25) is 0 Å². The summed E-state index contributed by atoms with van der Waals surface area (Å²) >= 11 is 1.44. The highest BCUT2D eigenvalue weighted by atomic mass is 32.1. The Hall–Kier alpha value is -3.91. The van der Waals surface area contributed by atoms with Gasteiger partial charge >= 0.3 is 0 Å². The van der Waals surface area contributed by atoms with Crippen LogP contribution in [-0.4, -0.2) is 15.6 Å². The normalized spacial score (nSPS) is 15.5. The highest BCUT2D eigenvalue weighted by Crippen LogP contribution is 2.40. The number of rotatable bonds is 6. The molecule has 1 aliphatic rings. The molecule has 6 nitrogen and oxygen atoms in total. The second-order valence-corrected chi connectivity index (χ2v) is 9.60. The molecule has 0 saturated heterocycles. The quantitative estimate of drug-likeness (QED) is 0.211. The molecule has 0 N–H and O–H groups in total. The molecule has 0 saturated carbocycles. The summed E-state index contributed by atoms with van der Waals surface area (Å²) in [5.74, 6) is 0.151. The molecule has 0 amide bonds. The molecule has 35 heavy (non-hydrogen) atoms. The third-order valence-electron chi connectivity index (χ3n) is 6.12. The molecular weight excluding hydrogens is 463 g/mol. The number of benzene rings is 3. The van der Waals surface area contributed by atoms with Crippen molar-refractivity contribution < 1.29 is 9.31 Å². The van der Waals surface area contributed by atoms with Crippen LogP contribution < -0.4 is 5.01 Å². The number of nitro benzene ring substituents is 1. The van der Waals surface area contributed by atoms with Crippen LogP contribution in [0.15, 0.2) is 83.3 Å². The monoisotopic (exact) mass is 486 g/mol. The van der Waals surface area contributed by atoms with Crippen molar-refractivity contribution in [2.75, 3.05) is 5.01 Å². The van der Waals surface area contributed by atoms with Gasteiger partial charge in [0.1, 0.15) is 5.82 Å². The largest absolute Gasteiger partial charge is 0.270 e. The lowest BCUT2D eigenvalue weighted by Crippen LogP contribution is -2.18. The molecule has 0 unspecified atom stereocenters. The lowest BCUT2D eigenvalue weighted by Gasteiger charge is -2.21. The summed E-state index contributed by atoms with van der Waals surface area (Å²) in [5.41, 5.74) is 5.47. The van der Waals surface area contributed by atoms with Crippen LogP contribution in [0.1, 0.15) is 48.9 Å². The van der Waals surface area contributed by atoms with Crippen LogP contribution in [0.25, 0.3) is 11.3 Å². The first-order valence-corrected chi connectivity index (χ1v) is 12.2. The van der Waals surface area contributed by atoms with E-state index < -0.39 is 4.92 Å². The van der Waals surface area contributed by atoms with Crippen LogP contribution in [0.4, 0.5) is 15.2 Å². The third-order valence-corrected chi connectivity index (χ3v) is 6.95. The number of non-ortho nitro benzene ring substituents is 1. The molecule has 4 aromatic rings. The standard InChI is InChI=1S/C27H23FN4O2S/c1-17(2)18-6-8-20(9-7-18)26-15-24(19-10-12-22(28)13-11-19)30-31(26)27-29-25(16-35-27)21-4-3-5-23(14-21)32(33)34/h3-14,16-17,26H,15H2,1-2H3/t26-/m0/s1. The Morgan fingerprint density at radius 1 is 1.06 bits per heavy atom. The maximum absolute atomic E-state index is 13.5. The third kappa shape index (κ3) is 4.70. The summed E-state index contributed by atoms with van der Waals surface area (Å²) in [6, 6.07) is 21.3. The Morgan fingerprint density at radius 3 is 2.49 bits per heavy atom. The number of nitrogens with zero attached hydrogens (tertiary/aromatic N) is 4. The summed E-state index contributed by atoms with van der Waals surface area (Å²) in [6.07, 6.45) is 0.651. The van der Waals surface area contributed by atoms with E-state index in [2.05, 4.69) is 38.1 Å². The van der Waals surface area contributed by atoms with E-state index in [0.717, 1.165) is 16.8 Å². The van der Waals surface area contributed by atoms with Gasteiger partial charge in [-0.25, -0.2) is 14.4 Å². The van der Waals surface area contributed by atoms with Gasteiger partial charge in [-0.15, -0.1) is 11.3 Å². The van der Waals surface area contributed by atoms with Gasteiger partial charge in [-0.2, -0.15) is 5.10 Å². The maximum Gasteiger partial charge on any atom is 0.270 e. The van der Waals surface area contributed by atoms with E-state index in [4.69, 9.17) is 10.1 Å². The van der Waals surface area contributed by atoms with Gasteiger partial charge in [-0.3, -0.25) is 10.1 Å². The first kappa shape index (κ1) is 22.9. The summed E-state index contributed by atoms with van der Waals surface area (Å²) < 4.78 is 13.5. The maximum atomic E-state index is 13.5. The molecular formula is C27H23FN4O2S. The molecule has 5 rings (SSSR count). The van der Waals surface area contributed by atoms with Gasteiger partial charge in [0.15, 0.2) is 0 Å². The molecule has 1 aromatic heterocycles. The number of hydrogen-bond acceptors (Lipinski definition) is 6. The molecule has 8 heteroatoms. The minimum absolute atomic E-state index is 0.0259. The Balaban J connectivity index is 1.52. The number of anilines is 1. The van der Waals surface area contributed by atoms with Crippen molar-refractivity contribution in [3.05, 3.63) is 111 Å². The molecule has 0 aliphatic carbocycles. The molecule has 0 radical (unpaired) electrons. The van der Waals surface area contributed by atoms with Gasteiger partial charge in [0.05, 0.1) is 22.4 Å². The van der Waals surface area contributed by atoms with E-state index >= 15 is 0 Å². The fourth-order valence-corrected chi connectivity index (χ4v) is 4.98. The lowest BCUT2D eigenvalue weighted by atomic mass is 9.95. The number of hydrogen-bond donors (Lipinski definition) is 0. The van der Waals surface area contributed by atoms with Crippen LogP contribution in [0, 0.1) is 15.9 Å². The number of aromatic nitrogens is 1. The molecule has 2 heterocycles. The van der Waals surface area contributed by atoms with Crippen molar-refractivity contribution >= 4 is 27.9 Å². The van der Waals surface area contributed by atoms with E-state index in [-0.39, 0.29) is 17.5 Å². The zero-order chi connectivity index (χ0) is 24.5. The van der Waals surface area contributed by atoms with Gasteiger partial charge < -0.3 is 0 Å². The van der Waals surface area contributed by atoms with Crippen LogP contribution in [-0.2, 0) is 0 Å². The summed E-state index contributed by atoms with van der Waals surface area (Å²) in [7, 11) is 0. The summed E-state index contributed by atoms with van der Waals surface area (Å²) in [5, 5.41) is 20.6. The predicted molar refractivity (Wildman–Crippen MR) is 138 cm³/mol. The van der Waals surface area contributed by atoms with E-state index in [1.54, 1.807) is 18.2 Å². The second-order valence-electron chi connectivity index (χ2n) is 8.76. The SMILES string of the molecule is CC(C)c1ccc([C@@H]2CC(c3ccc(F)cc3)=NN2c2nc(-c3cccc([N+](=O)[O-])c3)cs2)cc1. The van der Waals surface area contributed by atoms with Crippen molar-refractivity contribution in [1.82, 2.24) is 4.98 Å². The van der Waals surface area contributed by atoms with Gasteiger partial charge in [0.25, 0.3) is 5.69 Å². The average Bonchev–Trinajstić information content (AvgIpc) is 3.52. The van der Waals surface area contributed by atoms with Gasteiger partial charge in [0, 0.05) is 29.5 Å². The molecule has 3 aromatic carbocycles. The summed E-state index contributed by atoms with van der Waals surface area (Å²) in [6.45, 7) is 4.33. The van der Waals surface area contributed by atoms with Gasteiger partial charge in [0.2, 0.25) is 5.13 Å². The van der Waals surface area contributed by atoms with Crippen molar-refractivity contribution in [3.8, 4) is 11.3 Å². The molecule has 0 fully saturated rings. The number of halogens is 1. The number of thiazole rings is 1. The highest BCUT2D eigenvalue weighted by Gasteiger charge is 2.32. The van der Waals surface area contributed by atoms with Crippen molar-refractivity contribution in [2.45, 2.75) is 32.2 Å². The molecule has 0 bridgehead atoms. The predicted octanol–water partition coefficient (Wildman–Crippen LogP) is 7.34. The lowest BCUT2D eigenvalue weighted by molar-refractivity contribution is -0.384. The van der Waals surface area contributed by atoms with E-state index in [1.165, 1.54) is 41.2 Å². The van der Waals surface area contributed by atoms with E-state index in [1.807, 2.05) is 16.5 Å². The van der Waals surface area contributed by atoms with Crippen LogP contribution >= 0.6 is 11.3 Å². The Morgan fingerprint density at radius 2 is 1.80 bits per heavy atom. The topological polar surface area (TPSA) is 71.6 Å². The van der Waals surface area contributed by atoms with Crippen molar-refractivity contribution in [2.24, 2.45) is 5.10 Å². The van der Waals surface area contributed by atoms with E-state index in [0.29, 0.717) is 28.7 Å². The molecule has 176 valence electrons. The Bertz CT molecular complexity index is 1400. The van der Waals surface area contributed by atoms with Crippen LogP contribution in [0.5, 0.6) is 0 Å². The number of nitro groups is 1. The molecule has 0 spiro atoms. The first-order valence-electron chi connectivity index (χ1n) is 11.3. The highest BCUT2D eigenvalue weighted by molar-refractivity contribution is 7.14. The fraction of sp³-hybridized carbons (Fsp3) is 0.185. The smallest absolute Gasteiger partial charge is 0.258 e. The second kappa shape index (κ2) is 9.38. The molecule has 1 atom stereocenters. The zero-order valence-electron chi connectivity index (χ0n) is 19.3. The van der Waals surface area contributed by atoms with Gasteiger partial charge in [-0.1, -0.05) is 62.4 Å². The van der Waals surface area contributed by atoms with Gasteiger partial charge in [-0.05, 0) is 34.7 Å². The summed E-state index contributed by atoms with van der Waals surface area (Å²) in [4.78, 5) is 15.6. The van der Waals surface area contributed by atoms with Crippen LogP contribution in [0.3, 0.4) is 0 Å². The first-order chi connectivity index (χ1) is 16.9. The molecule has 1 aliphatic heterocycles. The van der Waals surface area contributed by atoms with Crippen molar-refractivity contribution in [1.29, 1.82) is 0 Å². The Kier molecular flexibility index (Phi) is 6.13. The average molecular weight is 487 g/mol. The zero-order valence-corrected chi connectivity index (χ0v) is 20.1. The Labute approximate surface area is 206 Å². The van der Waals surface area contributed by atoms with Crippen molar-refractivity contribution in [3.63, 3.8) is 0 Å². The number of hydrazone groups is 1. The minimum atomic E-state index is -0.409. The minimum Gasteiger partial charge on any atom is -0.258 e.